The average Bonchev–Trinajstić information content (AvgIpc) is 2.89. The Morgan fingerprint density at radius 2 is 2.29 bits per heavy atom. The molecule has 0 saturated carbocycles. The van der Waals surface area contributed by atoms with Gasteiger partial charge in [0.25, 0.3) is 0 Å². The number of aliphatic carboxylic acids is 1. The van der Waals surface area contributed by atoms with Crippen molar-refractivity contribution in [2.75, 3.05) is 0 Å². The number of benzene rings is 1. The van der Waals surface area contributed by atoms with Gasteiger partial charge in [-0.1, -0.05) is 28.1 Å². The van der Waals surface area contributed by atoms with E-state index in [9.17, 15) is 9.90 Å². The van der Waals surface area contributed by atoms with Crippen LogP contribution in [0.4, 0.5) is 0 Å². The molecule has 3 nitrogen and oxygen atoms in total. The maximum Gasteiger partial charge on any atom is 0.315 e. The fourth-order valence-electron chi connectivity index (χ4n) is 3.34. The second-order valence-electron chi connectivity index (χ2n) is 4.98. The predicted molar refractivity (Wildman–Crippen MR) is 68.0 cm³/mol. The number of halogens is 1. The molecule has 2 fully saturated rings. The molecule has 0 amide bonds. The quantitative estimate of drug-likeness (QED) is 0.880. The monoisotopic (exact) mass is 295 g/mol. The zero-order chi connectivity index (χ0) is 12.0. The standard InChI is InChI=1S/C13H14BrNO2/c14-9-3-1-2-8(6-9)13(12(16)17)7-10-4-5-11(13)15-10/h1-3,6,10-11,15H,4-5,7H2,(H,16,17). The molecule has 2 N–H and O–H groups in total. The van der Waals surface area contributed by atoms with Gasteiger partial charge in [0.2, 0.25) is 0 Å². The molecule has 3 unspecified atom stereocenters. The van der Waals surface area contributed by atoms with E-state index in [0.29, 0.717) is 12.5 Å². The van der Waals surface area contributed by atoms with Gasteiger partial charge in [-0.2, -0.15) is 0 Å². The van der Waals surface area contributed by atoms with Crippen molar-refractivity contribution >= 4 is 21.9 Å². The van der Waals surface area contributed by atoms with Crippen LogP contribution in [0.2, 0.25) is 0 Å². The van der Waals surface area contributed by atoms with Crippen LogP contribution in [0, 0.1) is 0 Å². The van der Waals surface area contributed by atoms with E-state index in [-0.39, 0.29) is 6.04 Å². The maximum absolute atomic E-state index is 11.8. The minimum absolute atomic E-state index is 0.0827. The number of hydrogen-bond donors (Lipinski definition) is 2. The first-order valence-electron chi connectivity index (χ1n) is 5.88. The fraction of sp³-hybridized carbons (Fsp3) is 0.462. The number of rotatable bonds is 2. The average molecular weight is 296 g/mol. The van der Waals surface area contributed by atoms with Gasteiger partial charge in [-0.15, -0.1) is 0 Å². The molecule has 90 valence electrons. The summed E-state index contributed by atoms with van der Waals surface area (Å²) in [6.07, 6.45) is 2.78. The highest BCUT2D eigenvalue weighted by Crippen LogP contribution is 2.46. The summed E-state index contributed by atoms with van der Waals surface area (Å²) < 4.78 is 0.943. The van der Waals surface area contributed by atoms with Gasteiger partial charge in [0.15, 0.2) is 0 Å². The highest BCUT2D eigenvalue weighted by atomic mass is 79.9. The molecule has 2 aliphatic rings. The van der Waals surface area contributed by atoms with E-state index in [1.807, 2.05) is 24.3 Å². The summed E-state index contributed by atoms with van der Waals surface area (Å²) in [6, 6.07) is 8.17. The van der Waals surface area contributed by atoms with Crippen molar-refractivity contribution in [3.05, 3.63) is 34.3 Å². The van der Waals surface area contributed by atoms with E-state index in [1.165, 1.54) is 0 Å². The molecule has 3 rings (SSSR count). The van der Waals surface area contributed by atoms with E-state index in [2.05, 4.69) is 21.2 Å². The lowest BCUT2D eigenvalue weighted by Crippen LogP contribution is -2.46. The Bertz CT molecular complexity index is 476. The first-order valence-corrected chi connectivity index (χ1v) is 6.68. The molecule has 2 heterocycles. The molecule has 17 heavy (non-hydrogen) atoms. The highest BCUT2D eigenvalue weighted by molar-refractivity contribution is 9.10. The van der Waals surface area contributed by atoms with Crippen LogP contribution in [-0.4, -0.2) is 23.2 Å². The molecule has 1 aromatic carbocycles. The molecular weight excluding hydrogens is 282 g/mol. The second kappa shape index (κ2) is 3.82. The Morgan fingerprint density at radius 3 is 2.82 bits per heavy atom. The predicted octanol–water partition coefficient (Wildman–Crippen LogP) is 2.30. The zero-order valence-electron chi connectivity index (χ0n) is 9.32. The third kappa shape index (κ3) is 1.54. The molecule has 2 saturated heterocycles. The number of hydrogen-bond acceptors (Lipinski definition) is 2. The lowest BCUT2D eigenvalue weighted by atomic mass is 9.69. The van der Waals surface area contributed by atoms with E-state index in [1.54, 1.807) is 0 Å². The lowest BCUT2D eigenvalue weighted by molar-refractivity contribution is -0.144. The first kappa shape index (κ1) is 11.2. The Hall–Kier alpha value is -0.870. The molecule has 0 radical (unpaired) electrons. The lowest BCUT2D eigenvalue weighted by Gasteiger charge is -2.32. The molecule has 2 bridgehead atoms. The summed E-state index contributed by atoms with van der Waals surface area (Å²) in [5.41, 5.74) is 0.186. The molecule has 4 heteroatoms. The van der Waals surface area contributed by atoms with E-state index < -0.39 is 11.4 Å². The van der Waals surface area contributed by atoms with Gasteiger partial charge >= 0.3 is 5.97 Å². The molecule has 3 atom stereocenters. The summed E-state index contributed by atoms with van der Waals surface area (Å²) in [4.78, 5) is 11.8. The maximum atomic E-state index is 11.8. The van der Waals surface area contributed by atoms with Crippen molar-refractivity contribution in [3.8, 4) is 0 Å². The van der Waals surface area contributed by atoms with Crippen LogP contribution < -0.4 is 5.32 Å². The number of fused-ring (bicyclic) bond motifs is 2. The Morgan fingerprint density at radius 1 is 1.47 bits per heavy atom. The van der Waals surface area contributed by atoms with Gasteiger partial charge in [-0.05, 0) is 37.0 Å². The Kier molecular flexibility index (Phi) is 2.52. The Labute approximate surface area is 108 Å². The minimum atomic E-state index is -0.729. The SMILES string of the molecule is O=C(O)C1(c2cccc(Br)c2)CC2CCC1N2. The van der Waals surface area contributed by atoms with Gasteiger partial charge < -0.3 is 10.4 Å². The molecule has 0 aliphatic carbocycles. The smallest absolute Gasteiger partial charge is 0.315 e. The highest BCUT2D eigenvalue weighted by Gasteiger charge is 2.56. The number of carboxylic acids is 1. The zero-order valence-corrected chi connectivity index (χ0v) is 10.9. The van der Waals surface area contributed by atoms with Gasteiger partial charge in [0, 0.05) is 16.6 Å². The van der Waals surface area contributed by atoms with E-state index >= 15 is 0 Å². The summed E-state index contributed by atoms with van der Waals surface area (Å²) in [6.45, 7) is 0. The number of carbonyl (C=O) groups is 1. The van der Waals surface area contributed by atoms with Crippen LogP contribution in [0.15, 0.2) is 28.7 Å². The van der Waals surface area contributed by atoms with E-state index in [4.69, 9.17) is 0 Å². The third-order valence-electron chi connectivity index (χ3n) is 4.13. The molecule has 0 aromatic heterocycles. The summed E-state index contributed by atoms with van der Waals surface area (Å²) in [5.74, 6) is -0.699. The van der Waals surface area contributed by atoms with E-state index in [0.717, 1.165) is 22.9 Å². The summed E-state index contributed by atoms with van der Waals surface area (Å²) in [7, 11) is 0. The number of carboxylic acid groups (broad SMARTS) is 1. The van der Waals surface area contributed by atoms with Crippen molar-refractivity contribution in [2.24, 2.45) is 0 Å². The van der Waals surface area contributed by atoms with Crippen LogP contribution in [-0.2, 0) is 10.2 Å². The second-order valence-corrected chi connectivity index (χ2v) is 5.90. The van der Waals surface area contributed by atoms with Gasteiger partial charge in [0.1, 0.15) is 5.41 Å². The van der Waals surface area contributed by atoms with Gasteiger partial charge in [-0.25, -0.2) is 0 Å². The molecular formula is C13H14BrNO2. The Balaban J connectivity index is 2.10. The molecule has 2 aliphatic heterocycles. The molecule has 1 aromatic rings. The van der Waals surface area contributed by atoms with Crippen molar-refractivity contribution < 1.29 is 9.90 Å². The van der Waals surface area contributed by atoms with Crippen LogP contribution in [0.3, 0.4) is 0 Å². The van der Waals surface area contributed by atoms with Gasteiger partial charge in [-0.3, -0.25) is 4.79 Å². The minimum Gasteiger partial charge on any atom is -0.481 e. The van der Waals surface area contributed by atoms with Gasteiger partial charge in [0.05, 0.1) is 0 Å². The van der Waals surface area contributed by atoms with Crippen molar-refractivity contribution in [2.45, 2.75) is 36.8 Å². The van der Waals surface area contributed by atoms with Crippen LogP contribution in [0.1, 0.15) is 24.8 Å². The van der Waals surface area contributed by atoms with Crippen LogP contribution in [0.5, 0.6) is 0 Å². The topological polar surface area (TPSA) is 49.3 Å². The number of nitrogens with one attached hydrogen (secondary N) is 1. The molecule has 0 spiro atoms. The largest absolute Gasteiger partial charge is 0.481 e. The van der Waals surface area contributed by atoms with Crippen LogP contribution >= 0.6 is 15.9 Å². The first-order chi connectivity index (χ1) is 8.13. The third-order valence-corrected chi connectivity index (χ3v) is 4.62. The van der Waals surface area contributed by atoms with Crippen molar-refractivity contribution in [1.82, 2.24) is 5.32 Å². The summed E-state index contributed by atoms with van der Waals surface area (Å²) in [5, 5.41) is 13.1. The van der Waals surface area contributed by atoms with Crippen molar-refractivity contribution in [1.29, 1.82) is 0 Å². The van der Waals surface area contributed by atoms with Crippen LogP contribution in [0.25, 0.3) is 0 Å². The van der Waals surface area contributed by atoms with Crippen molar-refractivity contribution in [3.63, 3.8) is 0 Å². The fourth-order valence-corrected chi connectivity index (χ4v) is 3.74. The normalized spacial score (nSPS) is 35.1. The summed E-state index contributed by atoms with van der Waals surface area (Å²) >= 11 is 3.42.